The average molecular weight is 403 g/mol. The zero-order valence-corrected chi connectivity index (χ0v) is 17.0. The van der Waals surface area contributed by atoms with Crippen LogP contribution in [0.1, 0.15) is 0 Å². The smallest absolute Gasteiger partial charge is 0.262 e. The van der Waals surface area contributed by atoms with Crippen molar-refractivity contribution in [2.24, 2.45) is 0 Å². The molecule has 2 heterocycles. The Bertz CT molecular complexity index is 953. The molecular weight excluding hydrogens is 378 g/mol. The first-order valence-electron chi connectivity index (χ1n) is 10.0. The van der Waals surface area contributed by atoms with Crippen LogP contribution in [0.5, 0.6) is 5.75 Å². The van der Waals surface area contributed by atoms with Gasteiger partial charge in [-0.05, 0) is 43.4 Å². The van der Waals surface area contributed by atoms with Gasteiger partial charge < -0.3 is 19.9 Å². The molecule has 3 aromatic rings. The number of nitrogens with one attached hydrogen (secondary N) is 1. The molecule has 0 bridgehead atoms. The fourth-order valence-electron chi connectivity index (χ4n) is 3.27. The molecule has 4 rings (SSSR count). The first-order valence-corrected chi connectivity index (χ1v) is 10.0. The maximum atomic E-state index is 12.1. The SMILES string of the molecule is CN1CCN(c2ccc(-c3ccc(NC(=O)COc4ccccc4)cc3)nn2)CC1. The number of amides is 1. The first kappa shape index (κ1) is 19.8. The summed E-state index contributed by atoms with van der Waals surface area (Å²) in [4.78, 5) is 16.7. The van der Waals surface area contributed by atoms with Crippen molar-refractivity contribution in [3.8, 4) is 17.0 Å². The van der Waals surface area contributed by atoms with E-state index >= 15 is 0 Å². The standard InChI is InChI=1S/C23H25N5O2/c1-27-13-15-28(16-14-27)22-12-11-21(25-26-22)18-7-9-19(10-8-18)24-23(29)17-30-20-5-3-2-4-6-20/h2-12H,13-17H2,1H3,(H,24,29). The number of piperazine rings is 1. The highest BCUT2D eigenvalue weighted by atomic mass is 16.5. The summed E-state index contributed by atoms with van der Waals surface area (Å²) in [6.07, 6.45) is 0. The fraction of sp³-hybridized carbons (Fsp3) is 0.261. The number of hydrogen-bond donors (Lipinski definition) is 1. The van der Waals surface area contributed by atoms with Gasteiger partial charge in [-0.1, -0.05) is 30.3 Å². The van der Waals surface area contributed by atoms with Crippen LogP contribution in [0.25, 0.3) is 11.3 Å². The minimum Gasteiger partial charge on any atom is -0.484 e. The van der Waals surface area contributed by atoms with Crippen molar-refractivity contribution in [1.29, 1.82) is 0 Å². The second-order valence-electron chi connectivity index (χ2n) is 7.29. The Morgan fingerprint density at radius 3 is 2.33 bits per heavy atom. The Morgan fingerprint density at radius 1 is 0.933 bits per heavy atom. The van der Waals surface area contributed by atoms with Crippen molar-refractivity contribution in [2.75, 3.05) is 50.1 Å². The van der Waals surface area contributed by atoms with Gasteiger partial charge >= 0.3 is 0 Å². The normalized spacial score (nSPS) is 14.4. The molecule has 1 aromatic heterocycles. The Hall–Kier alpha value is -3.45. The number of anilines is 2. The summed E-state index contributed by atoms with van der Waals surface area (Å²) >= 11 is 0. The quantitative estimate of drug-likeness (QED) is 0.683. The van der Waals surface area contributed by atoms with Gasteiger partial charge in [0.15, 0.2) is 12.4 Å². The summed E-state index contributed by atoms with van der Waals surface area (Å²) in [5, 5.41) is 11.6. The van der Waals surface area contributed by atoms with Gasteiger partial charge in [0, 0.05) is 37.4 Å². The number of rotatable bonds is 6. The van der Waals surface area contributed by atoms with Gasteiger partial charge in [-0.2, -0.15) is 0 Å². The van der Waals surface area contributed by atoms with Crippen molar-refractivity contribution < 1.29 is 9.53 Å². The Balaban J connectivity index is 1.32. The lowest BCUT2D eigenvalue weighted by Crippen LogP contribution is -2.44. The topological polar surface area (TPSA) is 70.6 Å². The van der Waals surface area contributed by atoms with E-state index in [1.165, 1.54) is 0 Å². The van der Waals surface area contributed by atoms with Gasteiger partial charge in [0.2, 0.25) is 0 Å². The Kier molecular flexibility index (Phi) is 6.20. The van der Waals surface area contributed by atoms with Gasteiger partial charge in [-0.3, -0.25) is 4.79 Å². The van der Waals surface area contributed by atoms with E-state index in [0.717, 1.165) is 43.3 Å². The first-order chi connectivity index (χ1) is 14.7. The monoisotopic (exact) mass is 403 g/mol. The molecule has 0 atom stereocenters. The maximum Gasteiger partial charge on any atom is 0.262 e. The summed E-state index contributed by atoms with van der Waals surface area (Å²) in [5.74, 6) is 1.37. The van der Waals surface area contributed by atoms with E-state index in [0.29, 0.717) is 11.4 Å². The number of benzene rings is 2. The van der Waals surface area contributed by atoms with Gasteiger partial charge in [0.25, 0.3) is 5.91 Å². The highest BCUT2D eigenvalue weighted by Gasteiger charge is 2.15. The van der Waals surface area contributed by atoms with E-state index in [2.05, 4.69) is 32.4 Å². The predicted octanol–water partition coefficient (Wildman–Crippen LogP) is 2.91. The molecule has 1 aliphatic rings. The molecule has 0 saturated carbocycles. The van der Waals surface area contributed by atoms with Crippen molar-refractivity contribution >= 4 is 17.4 Å². The van der Waals surface area contributed by atoms with Gasteiger partial charge in [0.1, 0.15) is 5.75 Å². The highest BCUT2D eigenvalue weighted by Crippen LogP contribution is 2.21. The number of likely N-dealkylation sites (N-methyl/N-ethyl adjacent to an activating group) is 1. The van der Waals surface area contributed by atoms with Crippen LogP contribution in [0.15, 0.2) is 66.7 Å². The van der Waals surface area contributed by atoms with Gasteiger partial charge in [-0.15, -0.1) is 10.2 Å². The lowest BCUT2D eigenvalue weighted by molar-refractivity contribution is -0.118. The summed E-state index contributed by atoms with van der Waals surface area (Å²) < 4.78 is 5.46. The number of ether oxygens (including phenoxy) is 1. The zero-order valence-electron chi connectivity index (χ0n) is 17.0. The molecule has 0 spiro atoms. The molecular formula is C23H25N5O2. The third kappa shape index (κ3) is 5.12. The molecule has 30 heavy (non-hydrogen) atoms. The van der Waals surface area contributed by atoms with Crippen LogP contribution >= 0.6 is 0 Å². The molecule has 1 aliphatic heterocycles. The zero-order chi connectivity index (χ0) is 20.8. The van der Waals surface area contributed by atoms with Crippen molar-refractivity contribution in [3.63, 3.8) is 0 Å². The highest BCUT2D eigenvalue weighted by molar-refractivity contribution is 5.92. The summed E-state index contributed by atoms with van der Waals surface area (Å²) in [6.45, 7) is 3.96. The molecule has 1 N–H and O–H groups in total. The molecule has 2 aromatic carbocycles. The second kappa shape index (κ2) is 9.37. The lowest BCUT2D eigenvalue weighted by Gasteiger charge is -2.32. The molecule has 0 aliphatic carbocycles. The largest absolute Gasteiger partial charge is 0.484 e. The molecule has 7 nitrogen and oxygen atoms in total. The van der Waals surface area contributed by atoms with Crippen LogP contribution in [0.3, 0.4) is 0 Å². The summed E-state index contributed by atoms with van der Waals surface area (Å²) in [6, 6.07) is 20.8. The van der Waals surface area contributed by atoms with Crippen molar-refractivity contribution in [1.82, 2.24) is 15.1 Å². The number of nitrogens with zero attached hydrogens (tertiary/aromatic N) is 4. The van der Waals surface area contributed by atoms with Crippen LogP contribution in [0, 0.1) is 0 Å². The Morgan fingerprint density at radius 2 is 1.67 bits per heavy atom. The molecule has 1 fully saturated rings. The van der Waals surface area contributed by atoms with Crippen molar-refractivity contribution in [2.45, 2.75) is 0 Å². The van der Waals surface area contributed by atoms with E-state index in [1.54, 1.807) is 0 Å². The fourth-order valence-corrected chi connectivity index (χ4v) is 3.27. The predicted molar refractivity (Wildman–Crippen MR) is 118 cm³/mol. The molecule has 1 saturated heterocycles. The number of aromatic nitrogens is 2. The van der Waals surface area contributed by atoms with E-state index in [-0.39, 0.29) is 12.5 Å². The van der Waals surface area contributed by atoms with E-state index < -0.39 is 0 Å². The lowest BCUT2D eigenvalue weighted by atomic mass is 10.1. The van der Waals surface area contributed by atoms with Crippen LogP contribution in [0.2, 0.25) is 0 Å². The van der Waals surface area contributed by atoms with Gasteiger partial charge in [0.05, 0.1) is 5.69 Å². The number of carbonyl (C=O) groups is 1. The van der Waals surface area contributed by atoms with E-state index in [4.69, 9.17) is 4.74 Å². The summed E-state index contributed by atoms with van der Waals surface area (Å²) in [5.41, 5.74) is 2.46. The average Bonchev–Trinajstić information content (AvgIpc) is 2.80. The number of carbonyl (C=O) groups excluding carboxylic acids is 1. The Labute approximate surface area is 176 Å². The molecule has 7 heteroatoms. The number of hydrogen-bond acceptors (Lipinski definition) is 6. The maximum absolute atomic E-state index is 12.1. The third-order valence-electron chi connectivity index (χ3n) is 5.06. The minimum absolute atomic E-state index is 0.0367. The molecule has 1 amide bonds. The van der Waals surface area contributed by atoms with E-state index in [1.807, 2.05) is 66.7 Å². The van der Waals surface area contributed by atoms with Gasteiger partial charge in [-0.25, -0.2) is 0 Å². The second-order valence-corrected chi connectivity index (χ2v) is 7.29. The molecule has 0 unspecified atom stereocenters. The van der Waals surface area contributed by atoms with Crippen LogP contribution in [-0.4, -0.2) is 60.8 Å². The van der Waals surface area contributed by atoms with Crippen molar-refractivity contribution in [3.05, 3.63) is 66.7 Å². The van der Waals surface area contributed by atoms with E-state index in [9.17, 15) is 4.79 Å². The number of para-hydroxylation sites is 1. The molecule has 0 radical (unpaired) electrons. The summed E-state index contributed by atoms with van der Waals surface area (Å²) in [7, 11) is 2.13. The third-order valence-corrected chi connectivity index (χ3v) is 5.06. The van der Waals surface area contributed by atoms with Crippen LogP contribution < -0.4 is 15.0 Å². The van der Waals surface area contributed by atoms with Crippen LogP contribution in [0.4, 0.5) is 11.5 Å². The molecule has 154 valence electrons. The van der Waals surface area contributed by atoms with Crippen LogP contribution in [-0.2, 0) is 4.79 Å². The minimum atomic E-state index is -0.206.